The molecule has 4 heterocycles. The van der Waals surface area contributed by atoms with Gasteiger partial charge in [-0.05, 0) is 214 Å². The van der Waals surface area contributed by atoms with Crippen LogP contribution in [0.3, 0.4) is 0 Å². The number of unbranched alkanes of at least 4 members (excludes halogenated alkanes) is 5. The van der Waals surface area contributed by atoms with Crippen molar-refractivity contribution in [2.75, 3.05) is 18.9 Å². The van der Waals surface area contributed by atoms with Crippen molar-refractivity contribution < 1.29 is 127 Å². The Morgan fingerprint density at radius 3 is 2.18 bits per heavy atom. The molecule has 1 aromatic heterocycles. The van der Waals surface area contributed by atoms with E-state index in [1.165, 1.54) is 86.9 Å². The predicted molar refractivity (Wildman–Crippen MR) is 498 cm³/mol. The number of aromatic nitrogens is 1. The lowest BCUT2D eigenvalue weighted by Gasteiger charge is -2.59. The van der Waals surface area contributed by atoms with Gasteiger partial charge < -0.3 is 81.7 Å². The van der Waals surface area contributed by atoms with Crippen LogP contribution in [-0.4, -0.2) is 237 Å². The van der Waals surface area contributed by atoms with Crippen LogP contribution >= 0.6 is 23.1 Å². The zero-order valence-corrected chi connectivity index (χ0v) is 80.3. The quantitative estimate of drug-likeness (QED) is 0.00788. The fourth-order valence-electron chi connectivity index (χ4n) is 22.5. The summed E-state index contributed by atoms with van der Waals surface area (Å²) in [5.74, 6) is -4.22. The van der Waals surface area contributed by atoms with Gasteiger partial charge in [-0.25, -0.2) is 18.9 Å². The highest BCUT2D eigenvalue weighted by Crippen LogP contribution is 2.68. The fraction of sp³-hybridized carbons (Fsp3) is 0.653. The average molecular weight is 1910 g/mol. The van der Waals surface area contributed by atoms with Gasteiger partial charge in [-0.3, -0.25) is 42.9 Å². The van der Waals surface area contributed by atoms with E-state index < -0.39 is 141 Å². The summed E-state index contributed by atoms with van der Waals surface area (Å²) in [4.78, 5) is 128. The largest absolute Gasteiger partial charge is 0.484 e. The van der Waals surface area contributed by atoms with Crippen molar-refractivity contribution in [1.29, 1.82) is 0 Å². The number of rotatable bonds is 33. The Labute approximate surface area is 787 Å². The molecule has 9 aliphatic carbocycles. The first-order valence-electron chi connectivity index (χ1n) is 46.8. The number of aliphatic hydroxyl groups excluding tert-OH is 7. The Kier molecular flexibility index (Phi) is 35.9. The molecule has 8 saturated carbocycles. The number of thioether (sulfide) groups is 1. The number of hydrogen-bond donors (Lipinski definition) is 14. The Bertz CT molecular complexity index is 4920. The zero-order valence-electron chi connectivity index (χ0n) is 77.9. The molecule has 35 heteroatoms. The van der Waals surface area contributed by atoms with Crippen LogP contribution in [0.5, 0.6) is 5.75 Å². The van der Waals surface area contributed by atoms with Gasteiger partial charge in [-0.2, -0.15) is 8.42 Å². The van der Waals surface area contributed by atoms with Crippen LogP contribution in [0.4, 0.5) is 5.13 Å². The van der Waals surface area contributed by atoms with Crippen molar-refractivity contribution in [1.82, 2.24) is 19.5 Å². The van der Waals surface area contributed by atoms with Crippen LogP contribution in [-0.2, 0) is 63.1 Å². The molecule has 2 aromatic rings. The molecule has 133 heavy (non-hydrogen) atoms. The molecule has 14 rings (SSSR count). The van der Waals surface area contributed by atoms with E-state index in [9.17, 15) is 102 Å². The van der Waals surface area contributed by atoms with Crippen molar-refractivity contribution >= 4 is 103 Å². The number of nitrogens with zero attached hydrogens (tertiary/aromatic N) is 4. The summed E-state index contributed by atoms with van der Waals surface area (Å²) in [6, 6.07) is 6.37. The number of ketones is 4. The molecule has 1 unspecified atom stereocenters. The molecular formula is C98H138N6O26S3. The van der Waals surface area contributed by atoms with Gasteiger partial charge >= 0.3 is 28.2 Å². The molecule has 0 spiro atoms. The SMILES string of the molecule is C=C1/C(=C\C=C2/CCC[C@]3(C)[C@@H]([C@H](C)/C=C/[C@@H](O)C4CC4)CC[C@@H]23)C[C@@H](O)C[C@@H]1O.CC1(C)S[C@@H]2[C@H](NC(=O)COc3ccccc3)C(=O)N2[C@H]1C(=O)O.CCCCC[C@H](O)/C=C/[C@H]1[C@H](O)CC(=O)[C@@H]1CCCCCCC(=O)O.C[C@H]1[C@H](CC(=O)/C(=N\OC(C)(C)C(=O)O)c2csc(N)n2)C(=O)N1S(=O)(=O)O.C[C@]12C=CC(=O)C=C1CC[C@@H]1[C@@H]2C(O)C[C@@]2(C)[C@H]1CC[C@]2(O)C(=O)CO. The minimum atomic E-state index is -4.72. The number of nitrogens with one attached hydrogen (secondary N) is 1. The maximum Gasteiger partial charge on any atom is 0.362 e. The third-order valence-corrected chi connectivity index (χ3v) is 33.4. The molecule has 734 valence electrons. The number of carboxylic acids is 3. The van der Waals surface area contributed by atoms with Gasteiger partial charge in [-0.1, -0.05) is 157 Å². The monoisotopic (exact) mass is 1910 g/mol. The number of allylic oxidation sites excluding steroid dienone is 8. The van der Waals surface area contributed by atoms with E-state index >= 15 is 0 Å². The van der Waals surface area contributed by atoms with E-state index in [4.69, 9.17) is 30.1 Å². The van der Waals surface area contributed by atoms with E-state index in [1.54, 1.807) is 56.3 Å². The van der Waals surface area contributed by atoms with Gasteiger partial charge in [0.05, 0.1) is 48.6 Å². The Hall–Kier alpha value is -8.46. The number of thiazole rings is 1. The molecule has 32 nitrogen and oxygen atoms in total. The molecule has 15 N–H and O–H groups in total. The number of β-lactam (4-membered cyclic amide) rings is 2. The minimum Gasteiger partial charge on any atom is -0.484 e. The highest BCUT2D eigenvalue weighted by Gasteiger charge is 2.69. The van der Waals surface area contributed by atoms with Crippen LogP contribution < -0.4 is 15.8 Å². The summed E-state index contributed by atoms with van der Waals surface area (Å²) < 4.78 is 36.3. The Morgan fingerprint density at radius 1 is 0.850 bits per heavy atom. The number of aliphatic carboxylic acids is 3. The lowest BCUT2D eigenvalue weighted by atomic mass is 9.46. The number of fused-ring (bicyclic) bond motifs is 7. The predicted octanol–water partition coefficient (Wildman–Crippen LogP) is 10.7. The first kappa shape index (κ1) is 107. The van der Waals surface area contributed by atoms with E-state index in [1.807, 2.05) is 25.1 Å². The molecule has 0 bridgehead atoms. The van der Waals surface area contributed by atoms with Gasteiger partial charge in [0.25, 0.3) is 5.91 Å². The van der Waals surface area contributed by atoms with Crippen LogP contribution in [0.1, 0.15) is 242 Å². The third kappa shape index (κ3) is 24.8. The number of oxime groups is 1. The Balaban J connectivity index is 0.000000173. The smallest absolute Gasteiger partial charge is 0.362 e. The molecule has 23 atom stereocenters. The number of benzene rings is 1. The summed E-state index contributed by atoms with van der Waals surface area (Å²) in [6.07, 6.45) is 34.9. The number of nitrogens with two attached hydrogens (primary N) is 1. The maximum atomic E-state index is 12.7. The van der Waals surface area contributed by atoms with Crippen molar-refractivity contribution in [3.8, 4) is 5.75 Å². The highest BCUT2D eigenvalue weighted by atomic mass is 32.2. The Morgan fingerprint density at radius 2 is 1.55 bits per heavy atom. The maximum absolute atomic E-state index is 12.7. The molecule has 3 saturated heterocycles. The van der Waals surface area contributed by atoms with Gasteiger partial charge in [0, 0.05) is 64.4 Å². The molecule has 3 aliphatic heterocycles. The van der Waals surface area contributed by atoms with E-state index in [2.05, 4.69) is 74.0 Å². The molecular weight excluding hydrogens is 1770 g/mol. The van der Waals surface area contributed by atoms with Crippen molar-refractivity contribution in [2.24, 2.45) is 80.6 Å². The van der Waals surface area contributed by atoms with Crippen molar-refractivity contribution in [3.63, 3.8) is 0 Å². The van der Waals surface area contributed by atoms with Gasteiger partial charge in [0.15, 0.2) is 34.8 Å². The van der Waals surface area contributed by atoms with Crippen molar-refractivity contribution in [2.45, 2.75) is 312 Å². The molecule has 1 aromatic carbocycles. The number of carbonyl (C=O) groups excluding carboxylic acids is 7. The number of ether oxygens (including phenoxy) is 1. The third-order valence-electron chi connectivity index (χ3n) is 30.1. The van der Waals surface area contributed by atoms with E-state index in [0.29, 0.717) is 66.9 Å². The number of anilines is 1. The number of nitrogen functional groups attached to an aromatic ring is 1. The normalized spacial score (nSPS) is 33.2. The van der Waals surface area contributed by atoms with Crippen LogP contribution in [0.15, 0.2) is 124 Å². The number of carbonyl (C=O) groups is 10. The number of aliphatic hydroxyl groups is 8. The minimum absolute atomic E-state index is 0.00912. The van der Waals surface area contributed by atoms with Crippen molar-refractivity contribution in [3.05, 3.63) is 125 Å². The second-order valence-electron chi connectivity index (χ2n) is 39.9. The second kappa shape index (κ2) is 44.8. The first-order chi connectivity index (χ1) is 62.5. The molecule has 12 aliphatic rings. The second-order valence-corrected chi connectivity index (χ2v) is 43.8. The molecule has 0 radical (unpaired) electrons. The zero-order chi connectivity index (χ0) is 97.9. The molecule has 11 fully saturated rings. The van der Waals surface area contributed by atoms with E-state index in [-0.39, 0.29) is 104 Å². The van der Waals surface area contributed by atoms with Gasteiger partial charge in [0.1, 0.15) is 46.9 Å². The van der Waals surface area contributed by atoms with Crippen LogP contribution in [0, 0.1) is 75.4 Å². The van der Waals surface area contributed by atoms with E-state index in [0.717, 1.165) is 105 Å². The summed E-state index contributed by atoms with van der Waals surface area (Å²) in [5.41, 5.74) is 5.57. The summed E-state index contributed by atoms with van der Waals surface area (Å²) in [6.45, 7) is 21.5. The number of Topliss-reactive ketones (excluding diaryl/α,β-unsaturated/α-hetero) is 3. The number of carboxylic acid groups (broad SMARTS) is 3. The fourth-order valence-corrected chi connectivity index (χ4v) is 25.6. The number of hydrogen-bond acceptors (Lipinski definition) is 27. The molecule has 3 amide bonds. The number of para-hydroxylation sites is 1. The van der Waals surface area contributed by atoms with Crippen LogP contribution in [0.25, 0.3) is 0 Å². The highest BCUT2D eigenvalue weighted by molar-refractivity contribution is 8.01. The average Bonchev–Trinajstić information content (AvgIpc) is 1.64. The lowest BCUT2D eigenvalue weighted by Crippen LogP contribution is -2.70. The van der Waals surface area contributed by atoms with Gasteiger partial charge in [0.2, 0.25) is 17.4 Å². The number of amides is 3. The van der Waals surface area contributed by atoms with Gasteiger partial charge in [-0.15, -0.1) is 23.1 Å². The summed E-state index contributed by atoms with van der Waals surface area (Å²) >= 11 is 2.40. The standard InChI is InChI=1S/C27H40O3.C21H28O5.C20H34O5.C16H18N2O5S.C14H18N4O8S2/c1-17(6-13-25(29)20-8-9-20)23-11-12-24-19(5-4-14-27(23,24)3)7-10-21-15-22(28)16-26(30)18(21)2;1-19-7-5-13(23)9-12(19)3-4-14-15-6-8-21(26,17(25)11-22)20(15,2)10-16(24)18(14)19;1-2-3-6-9-15(21)12-13-17-16(18(22)14-19(17)23)10-7-4-5-8-11-20(24)25;1-16(2)12(15(21)22)18-13(20)11(14(18)24-16)17-10(19)8-23-9-6-4-3-5-7-9;1-6-7(11(20)18(6)28(23,24)25)4-9(19)10(8-5-27-13(15)16-8)17-26-14(2,3)12(21)22/h6-7,10,13,17,20,22-26,28-30H,2,4-5,8-9,11-12,14-16H2,1,3H3;5,7,9,14-16,18,22,24,26H,3-4,6,8,10-11H2,1-2H3;12-13,15-17,19,21,23H,2-11,14H2,1H3,(H,24,25);3-7,11-12,14H,8H2,1-2H3,(H,17,19)(H,21,22);5-7H,4H2,1-3H3,(H2,15,16)(H,21,22)(H,23,24,25)/b13-6+,19-7+,21-10-;;13-12+;;17-10-/t17-,22-,23-,24+,25-,26+,27-;14-,15-,16?,18+,19-,20-,21-;15-,16+,17+,19+;11-,12+,14-;6-,7-/m10010/s1. The first-order valence-corrected chi connectivity index (χ1v) is 50.0. The lowest BCUT2D eigenvalue weighted by molar-refractivity contribution is -0.178. The summed E-state index contributed by atoms with van der Waals surface area (Å²) in [5, 5.41) is 117. The summed E-state index contributed by atoms with van der Waals surface area (Å²) in [7, 11) is -4.72. The van der Waals surface area contributed by atoms with Crippen LogP contribution in [0.2, 0.25) is 0 Å². The topological polar surface area (TPSA) is 536 Å².